The highest BCUT2D eigenvalue weighted by molar-refractivity contribution is 7.89. The van der Waals surface area contributed by atoms with E-state index in [-0.39, 0.29) is 18.0 Å². The van der Waals surface area contributed by atoms with Crippen molar-refractivity contribution in [2.24, 2.45) is 5.73 Å². The molecule has 8 nitrogen and oxygen atoms in total. The molecule has 0 atom stereocenters. The number of amides is 1. The lowest BCUT2D eigenvalue weighted by Gasteiger charge is -2.06. The van der Waals surface area contributed by atoms with Crippen molar-refractivity contribution < 1.29 is 17.9 Å². The van der Waals surface area contributed by atoms with Gasteiger partial charge in [-0.15, -0.1) is 0 Å². The molecule has 17 heavy (non-hydrogen) atoms. The van der Waals surface area contributed by atoms with Crippen molar-refractivity contribution in [2.45, 2.75) is 18.7 Å². The van der Waals surface area contributed by atoms with Crippen LogP contribution in [-0.4, -0.2) is 37.9 Å². The molecular formula is C8H14N4O4S. The Kier molecular flexibility index (Phi) is 4.07. The standard InChI is InChI=1S/C8H14N4O4S/c1-5-7(6(2)12-11-5)17(14,15)10-3-4-16-8(9)13/h10H,3-4H2,1-2H3,(H2,9,13)(H,11,12). The van der Waals surface area contributed by atoms with Crippen LogP contribution in [0.15, 0.2) is 4.90 Å². The number of aryl methyl sites for hydroxylation is 2. The van der Waals surface area contributed by atoms with Crippen LogP contribution in [0.25, 0.3) is 0 Å². The smallest absolute Gasteiger partial charge is 0.404 e. The lowest BCUT2D eigenvalue weighted by molar-refractivity contribution is 0.159. The molecule has 96 valence electrons. The van der Waals surface area contributed by atoms with Gasteiger partial charge in [0.15, 0.2) is 0 Å². The number of aromatic nitrogens is 2. The normalized spacial score (nSPS) is 11.4. The summed E-state index contributed by atoms with van der Waals surface area (Å²) >= 11 is 0. The zero-order chi connectivity index (χ0) is 13.1. The van der Waals surface area contributed by atoms with E-state index in [9.17, 15) is 13.2 Å². The number of primary amides is 1. The summed E-state index contributed by atoms with van der Waals surface area (Å²) in [6.07, 6.45) is -0.945. The van der Waals surface area contributed by atoms with E-state index in [1.165, 1.54) is 0 Å². The highest BCUT2D eigenvalue weighted by atomic mass is 32.2. The van der Waals surface area contributed by atoms with Gasteiger partial charge in [0.25, 0.3) is 0 Å². The molecule has 0 saturated carbocycles. The molecule has 1 rings (SSSR count). The Morgan fingerprint density at radius 3 is 2.65 bits per heavy atom. The van der Waals surface area contributed by atoms with E-state index in [1.807, 2.05) is 0 Å². The molecule has 4 N–H and O–H groups in total. The number of nitrogens with one attached hydrogen (secondary N) is 2. The van der Waals surface area contributed by atoms with E-state index in [0.29, 0.717) is 11.4 Å². The first-order valence-corrected chi connectivity index (χ1v) is 6.26. The molecule has 0 aliphatic carbocycles. The highest BCUT2D eigenvalue weighted by Crippen LogP contribution is 2.15. The third kappa shape index (κ3) is 3.43. The number of rotatable bonds is 5. The van der Waals surface area contributed by atoms with E-state index >= 15 is 0 Å². The molecule has 1 aromatic heterocycles. The predicted octanol–water partition coefficient (Wildman–Crippen LogP) is -0.600. The largest absolute Gasteiger partial charge is 0.448 e. The van der Waals surface area contributed by atoms with Crippen LogP contribution in [0.5, 0.6) is 0 Å². The summed E-state index contributed by atoms with van der Waals surface area (Å²) < 4.78 is 30.4. The molecule has 1 aromatic rings. The summed E-state index contributed by atoms with van der Waals surface area (Å²) in [5.74, 6) is 0. The average molecular weight is 262 g/mol. The molecule has 0 aromatic carbocycles. The summed E-state index contributed by atoms with van der Waals surface area (Å²) in [7, 11) is -3.65. The van der Waals surface area contributed by atoms with E-state index in [4.69, 9.17) is 5.73 Å². The Balaban J connectivity index is 2.67. The van der Waals surface area contributed by atoms with Gasteiger partial charge in [-0.3, -0.25) is 5.10 Å². The average Bonchev–Trinajstić information content (AvgIpc) is 2.53. The third-order valence-corrected chi connectivity index (χ3v) is 3.69. The summed E-state index contributed by atoms with van der Waals surface area (Å²) in [6, 6.07) is 0. The second-order valence-corrected chi connectivity index (χ2v) is 5.03. The van der Waals surface area contributed by atoms with E-state index in [0.717, 1.165) is 0 Å². The van der Waals surface area contributed by atoms with Crippen LogP contribution in [0.2, 0.25) is 0 Å². The Morgan fingerprint density at radius 2 is 2.18 bits per heavy atom. The summed E-state index contributed by atoms with van der Waals surface area (Å²) in [5, 5.41) is 6.37. The van der Waals surface area contributed by atoms with Crippen LogP contribution >= 0.6 is 0 Å². The van der Waals surface area contributed by atoms with Crippen molar-refractivity contribution in [1.82, 2.24) is 14.9 Å². The van der Waals surface area contributed by atoms with Gasteiger partial charge in [-0.05, 0) is 13.8 Å². The Bertz CT molecular complexity index is 488. The van der Waals surface area contributed by atoms with Gasteiger partial charge in [-0.2, -0.15) is 5.10 Å². The predicted molar refractivity (Wildman–Crippen MR) is 58.8 cm³/mol. The second-order valence-electron chi connectivity index (χ2n) is 3.33. The van der Waals surface area contributed by atoms with Crippen LogP contribution in [0, 0.1) is 13.8 Å². The van der Waals surface area contributed by atoms with Crippen molar-refractivity contribution in [1.29, 1.82) is 0 Å². The third-order valence-electron chi connectivity index (χ3n) is 1.97. The molecule has 0 saturated heterocycles. The lowest BCUT2D eigenvalue weighted by Crippen LogP contribution is -2.29. The maximum Gasteiger partial charge on any atom is 0.404 e. The van der Waals surface area contributed by atoms with Crippen molar-refractivity contribution in [3.63, 3.8) is 0 Å². The number of nitrogens with zero attached hydrogens (tertiary/aromatic N) is 1. The molecule has 0 aliphatic heterocycles. The first-order valence-electron chi connectivity index (χ1n) is 4.78. The minimum Gasteiger partial charge on any atom is -0.448 e. The fraction of sp³-hybridized carbons (Fsp3) is 0.500. The SMILES string of the molecule is Cc1n[nH]c(C)c1S(=O)(=O)NCCOC(N)=O. The van der Waals surface area contributed by atoms with Gasteiger partial charge in [0.2, 0.25) is 10.0 Å². The van der Waals surface area contributed by atoms with Gasteiger partial charge < -0.3 is 10.5 Å². The number of sulfonamides is 1. The first-order chi connectivity index (χ1) is 7.84. The second kappa shape index (κ2) is 5.15. The minimum absolute atomic E-state index is 0.0463. The van der Waals surface area contributed by atoms with Crippen LogP contribution in [0.4, 0.5) is 4.79 Å². The van der Waals surface area contributed by atoms with Gasteiger partial charge in [0.1, 0.15) is 11.5 Å². The summed E-state index contributed by atoms with van der Waals surface area (Å²) in [6.45, 7) is 3.02. The molecule has 0 aliphatic rings. The van der Waals surface area contributed by atoms with Crippen molar-refractivity contribution in [2.75, 3.05) is 13.2 Å². The minimum atomic E-state index is -3.65. The zero-order valence-electron chi connectivity index (χ0n) is 9.48. The van der Waals surface area contributed by atoms with Crippen LogP contribution in [-0.2, 0) is 14.8 Å². The summed E-state index contributed by atoms with van der Waals surface area (Å²) in [5.41, 5.74) is 5.56. The van der Waals surface area contributed by atoms with Gasteiger partial charge in [-0.1, -0.05) is 0 Å². The van der Waals surface area contributed by atoms with E-state index < -0.39 is 16.1 Å². The van der Waals surface area contributed by atoms with Crippen LogP contribution < -0.4 is 10.5 Å². The van der Waals surface area contributed by atoms with Crippen molar-refractivity contribution in [3.05, 3.63) is 11.4 Å². The molecule has 1 amide bonds. The Morgan fingerprint density at radius 1 is 1.53 bits per heavy atom. The van der Waals surface area contributed by atoms with Crippen LogP contribution in [0.3, 0.4) is 0 Å². The van der Waals surface area contributed by atoms with Gasteiger partial charge >= 0.3 is 6.09 Å². The Hall–Kier alpha value is -1.61. The lowest BCUT2D eigenvalue weighted by atomic mass is 10.4. The van der Waals surface area contributed by atoms with Gasteiger partial charge in [0.05, 0.1) is 11.4 Å². The highest BCUT2D eigenvalue weighted by Gasteiger charge is 2.21. The van der Waals surface area contributed by atoms with E-state index in [1.54, 1.807) is 13.8 Å². The number of hydrogen-bond acceptors (Lipinski definition) is 5. The number of H-pyrrole nitrogens is 1. The summed E-state index contributed by atoms with van der Waals surface area (Å²) in [4.78, 5) is 10.4. The number of aromatic amines is 1. The number of carbonyl (C=O) groups is 1. The molecule has 9 heteroatoms. The van der Waals surface area contributed by atoms with E-state index in [2.05, 4.69) is 19.7 Å². The quantitative estimate of drug-likeness (QED) is 0.610. The molecule has 0 radical (unpaired) electrons. The first kappa shape index (κ1) is 13.5. The topological polar surface area (TPSA) is 127 Å². The molecular weight excluding hydrogens is 248 g/mol. The van der Waals surface area contributed by atoms with Gasteiger partial charge in [-0.25, -0.2) is 17.9 Å². The van der Waals surface area contributed by atoms with Gasteiger partial charge in [0, 0.05) is 6.54 Å². The molecule has 1 heterocycles. The molecule has 0 unspecified atom stereocenters. The maximum atomic E-state index is 11.8. The molecule has 0 spiro atoms. The van der Waals surface area contributed by atoms with Crippen molar-refractivity contribution in [3.8, 4) is 0 Å². The number of hydrogen-bond donors (Lipinski definition) is 3. The monoisotopic (exact) mass is 262 g/mol. The van der Waals surface area contributed by atoms with Crippen LogP contribution in [0.1, 0.15) is 11.4 Å². The number of ether oxygens (including phenoxy) is 1. The number of carbonyl (C=O) groups excluding carboxylic acids is 1. The van der Waals surface area contributed by atoms with Crippen molar-refractivity contribution >= 4 is 16.1 Å². The maximum absolute atomic E-state index is 11.8. The fourth-order valence-electron chi connectivity index (χ4n) is 1.34. The molecule has 0 bridgehead atoms. The zero-order valence-corrected chi connectivity index (χ0v) is 10.3. The number of nitrogens with two attached hydrogens (primary N) is 1. The fourth-order valence-corrected chi connectivity index (χ4v) is 2.72. The molecule has 0 fully saturated rings. The Labute approximate surface area is 98.6 Å².